The normalized spacial score (nSPS) is 12.8. The van der Waals surface area contributed by atoms with Gasteiger partial charge < -0.3 is 10.1 Å². The molecule has 33 heavy (non-hydrogen) atoms. The third-order valence-electron chi connectivity index (χ3n) is 4.74. The Morgan fingerprint density at radius 3 is 2.52 bits per heavy atom. The standard InChI is InChI=1S/C22H24BrN5O4S/c1-14-5-8-16(9-6-14)33(30,31)28-13-18(17-10-7-15(23)11-20(17)28)19(12-25-27-24)26-21(29)32-22(2,3)4/h5-11,13,19H,12H2,1-4H3,(H,26,29)/t19-/m1/s1. The number of alkyl carbamates (subject to hydrolysis) is 1. The summed E-state index contributed by atoms with van der Waals surface area (Å²) in [6, 6.07) is 10.9. The summed E-state index contributed by atoms with van der Waals surface area (Å²) < 4.78 is 34.2. The molecule has 2 aromatic carbocycles. The van der Waals surface area contributed by atoms with E-state index >= 15 is 0 Å². The number of nitrogens with zero attached hydrogens (tertiary/aromatic N) is 4. The molecular weight excluding hydrogens is 510 g/mol. The molecule has 9 nitrogen and oxygen atoms in total. The van der Waals surface area contributed by atoms with Crippen molar-refractivity contribution in [3.8, 4) is 0 Å². The minimum atomic E-state index is -3.94. The summed E-state index contributed by atoms with van der Waals surface area (Å²) >= 11 is 3.40. The molecule has 1 N–H and O–H groups in total. The van der Waals surface area contributed by atoms with Crippen LogP contribution in [0.15, 0.2) is 63.1 Å². The van der Waals surface area contributed by atoms with Crippen molar-refractivity contribution in [1.29, 1.82) is 0 Å². The lowest BCUT2D eigenvalue weighted by Gasteiger charge is -2.23. The molecular formula is C22H24BrN5O4S. The topological polar surface area (TPSA) is 126 Å². The number of fused-ring (bicyclic) bond motifs is 1. The van der Waals surface area contributed by atoms with E-state index in [1.54, 1.807) is 63.2 Å². The second-order valence-corrected chi connectivity index (χ2v) is 11.2. The quantitative estimate of drug-likeness (QED) is 0.243. The fourth-order valence-electron chi connectivity index (χ4n) is 3.29. The van der Waals surface area contributed by atoms with Gasteiger partial charge in [0, 0.05) is 26.5 Å². The smallest absolute Gasteiger partial charge is 0.408 e. The maximum absolute atomic E-state index is 13.5. The first kappa shape index (κ1) is 24.6. The fraction of sp³-hybridized carbons (Fsp3) is 0.318. The average Bonchev–Trinajstić information content (AvgIpc) is 3.09. The van der Waals surface area contributed by atoms with Crippen molar-refractivity contribution in [2.24, 2.45) is 5.11 Å². The molecule has 0 aliphatic carbocycles. The van der Waals surface area contributed by atoms with Gasteiger partial charge in [0.1, 0.15) is 5.60 Å². The van der Waals surface area contributed by atoms with Gasteiger partial charge in [-0.15, -0.1) is 0 Å². The van der Waals surface area contributed by atoms with Crippen LogP contribution >= 0.6 is 15.9 Å². The number of benzene rings is 2. The molecule has 1 heterocycles. The van der Waals surface area contributed by atoms with E-state index in [4.69, 9.17) is 10.3 Å². The number of carbonyl (C=O) groups is 1. The maximum atomic E-state index is 13.5. The Morgan fingerprint density at radius 1 is 1.24 bits per heavy atom. The number of nitrogens with one attached hydrogen (secondary N) is 1. The Balaban J connectivity index is 2.16. The van der Waals surface area contributed by atoms with Crippen molar-refractivity contribution in [1.82, 2.24) is 9.29 Å². The molecule has 3 rings (SSSR count). The van der Waals surface area contributed by atoms with Gasteiger partial charge >= 0.3 is 6.09 Å². The third kappa shape index (κ3) is 5.68. The zero-order valence-corrected chi connectivity index (χ0v) is 21.0. The minimum absolute atomic E-state index is 0.128. The van der Waals surface area contributed by atoms with Gasteiger partial charge in [-0.25, -0.2) is 17.2 Å². The highest BCUT2D eigenvalue weighted by Gasteiger charge is 2.27. The fourth-order valence-corrected chi connectivity index (χ4v) is 5.01. The maximum Gasteiger partial charge on any atom is 0.408 e. The van der Waals surface area contributed by atoms with Crippen LogP contribution in [0.2, 0.25) is 0 Å². The Hall–Kier alpha value is -3.01. The van der Waals surface area contributed by atoms with Crippen molar-refractivity contribution < 1.29 is 17.9 Å². The SMILES string of the molecule is Cc1ccc(S(=O)(=O)n2cc([C@@H](CN=[N+]=[N-])NC(=O)OC(C)(C)C)c3ccc(Br)cc32)cc1. The Bertz CT molecular complexity index is 1340. The van der Waals surface area contributed by atoms with Crippen LogP contribution in [0.25, 0.3) is 21.3 Å². The van der Waals surface area contributed by atoms with E-state index in [-0.39, 0.29) is 11.4 Å². The minimum Gasteiger partial charge on any atom is -0.444 e. The van der Waals surface area contributed by atoms with E-state index in [0.717, 1.165) is 5.56 Å². The summed E-state index contributed by atoms with van der Waals surface area (Å²) in [5.41, 5.74) is 9.94. The van der Waals surface area contributed by atoms with E-state index in [0.29, 0.717) is 20.9 Å². The van der Waals surface area contributed by atoms with E-state index in [9.17, 15) is 13.2 Å². The molecule has 0 aliphatic rings. The lowest BCUT2D eigenvalue weighted by atomic mass is 10.1. The molecule has 0 unspecified atom stereocenters. The number of ether oxygens (including phenoxy) is 1. The number of hydrogen-bond acceptors (Lipinski definition) is 5. The van der Waals surface area contributed by atoms with Gasteiger partial charge in [0.25, 0.3) is 10.0 Å². The predicted octanol–water partition coefficient (Wildman–Crippen LogP) is 5.83. The van der Waals surface area contributed by atoms with Gasteiger partial charge in [0.2, 0.25) is 0 Å². The van der Waals surface area contributed by atoms with Crippen molar-refractivity contribution in [2.45, 2.75) is 44.2 Å². The molecule has 174 valence electrons. The van der Waals surface area contributed by atoms with Crippen molar-refractivity contribution in [3.63, 3.8) is 0 Å². The molecule has 1 aromatic heterocycles. The van der Waals surface area contributed by atoms with Crippen LogP contribution in [-0.2, 0) is 14.8 Å². The molecule has 11 heteroatoms. The molecule has 0 aliphatic heterocycles. The van der Waals surface area contributed by atoms with Gasteiger partial charge in [0.05, 0.1) is 23.0 Å². The first-order valence-corrected chi connectivity index (χ1v) is 12.3. The first-order valence-electron chi connectivity index (χ1n) is 10.1. The van der Waals surface area contributed by atoms with Crippen LogP contribution in [0.5, 0.6) is 0 Å². The molecule has 3 aromatic rings. The second-order valence-electron chi connectivity index (χ2n) is 8.47. The largest absolute Gasteiger partial charge is 0.444 e. The number of azide groups is 1. The molecule has 0 saturated carbocycles. The predicted molar refractivity (Wildman–Crippen MR) is 130 cm³/mol. The molecule has 0 spiro atoms. The van der Waals surface area contributed by atoms with Gasteiger partial charge in [-0.2, -0.15) is 0 Å². The highest BCUT2D eigenvalue weighted by Crippen LogP contribution is 2.32. The zero-order chi connectivity index (χ0) is 24.4. The molecule has 1 atom stereocenters. The Kier molecular flexibility index (Phi) is 7.06. The van der Waals surface area contributed by atoms with Gasteiger partial charge in [-0.1, -0.05) is 44.8 Å². The summed E-state index contributed by atoms with van der Waals surface area (Å²) in [6.07, 6.45) is 0.737. The van der Waals surface area contributed by atoms with E-state index in [1.807, 2.05) is 6.92 Å². The van der Waals surface area contributed by atoms with Crippen LogP contribution in [0.4, 0.5) is 4.79 Å². The first-order chi connectivity index (χ1) is 15.4. The summed E-state index contributed by atoms with van der Waals surface area (Å²) in [7, 11) is -3.94. The molecule has 1 amide bonds. The van der Waals surface area contributed by atoms with Gasteiger partial charge in [-0.05, 0) is 57.5 Å². The van der Waals surface area contributed by atoms with Crippen molar-refractivity contribution in [2.75, 3.05) is 6.54 Å². The van der Waals surface area contributed by atoms with Crippen molar-refractivity contribution >= 4 is 42.9 Å². The Labute approximate surface area is 200 Å². The van der Waals surface area contributed by atoms with Gasteiger partial charge in [-0.3, -0.25) is 0 Å². The molecule has 0 fully saturated rings. The molecule has 0 saturated heterocycles. The number of carbonyl (C=O) groups excluding carboxylic acids is 1. The number of amides is 1. The highest BCUT2D eigenvalue weighted by molar-refractivity contribution is 9.10. The number of hydrogen-bond donors (Lipinski definition) is 1. The van der Waals surface area contributed by atoms with E-state index < -0.39 is 27.8 Å². The number of aryl methyl sites for hydroxylation is 1. The van der Waals surface area contributed by atoms with Crippen LogP contribution in [-0.4, -0.2) is 30.6 Å². The zero-order valence-electron chi connectivity index (χ0n) is 18.6. The summed E-state index contributed by atoms with van der Waals surface area (Å²) in [4.78, 5) is 15.4. The molecule has 0 bridgehead atoms. The number of rotatable bonds is 6. The summed E-state index contributed by atoms with van der Waals surface area (Å²) in [5.74, 6) is 0. The summed E-state index contributed by atoms with van der Waals surface area (Å²) in [5, 5.41) is 6.89. The van der Waals surface area contributed by atoms with Crippen molar-refractivity contribution in [3.05, 3.63) is 74.7 Å². The second kappa shape index (κ2) is 9.46. The van der Waals surface area contributed by atoms with Crippen LogP contribution in [0.3, 0.4) is 0 Å². The van der Waals surface area contributed by atoms with Crippen LogP contribution in [0, 0.1) is 6.92 Å². The Morgan fingerprint density at radius 2 is 1.91 bits per heavy atom. The van der Waals surface area contributed by atoms with E-state index in [2.05, 4.69) is 31.3 Å². The van der Waals surface area contributed by atoms with Crippen LogP contribution in [0.1, 0.15) is 37.9 Å². The third-order valence-corrected chi connectivity index (χ3v) is 6.92. The number of aromatic nitrogens is 1. The lowest BCUT2D eigenvalue weighted by Crippen LogP contribution is -2.36. The van der Waals surface area contributed by atoms with E-state index in [1.165, 1.54) is 10.2 Å². The summed E-state index contributed by atoms with van der Waals surface area (Å²) in [6.45, 7) is 6.93. The monoisotopic (exact) mass is 533 g/mol. The number of halogens is 1. The van der Waals surface area contributed by atoms with Gasteiger partial charge in [0.15, 0.2) is 0 Å². The highest BCUT2D eigenvalue weighted by atomic mass is 79.9. The molecule has 0 radical (unpaired) electrons. The lowest BCUT2D eigenvalue weighted by molar-refractivity contribution is 0.0505. The van der Waals surface area contributed by atoms with Crippen LogP contribution < -0.4 is 5.32 Å². The average molecular weight is 534 g/mol.